The molecule has 0 radical (unpaired) electrons. The minimum atomic E-state index is -0.795. The first-order valence-corrected chi connectivity index (χ1v) is 7.04. The monoisotopic (exact) mass is 277 g/mol. The molecule has 1 aromatic carbocycles. The lowest BCUT2D eigenvalue weighted by atomic mass is 10.0. The summed E-state index contributed by atoms with van der Waals surface area (Å²) < 4.78 is 0. The molecule has 0 spiro atoms. The predicted octanol–water partition coefficient (Wildman–Crippen LogP) is 3.32. The number of rotatable bonds is 7. The molecule has 20 heavy (non-hydrogen) atoms. The highest BCUT2D eigenvalue weighted by Gasteiger charge is 2.12. The average Bonchev–Trinajstić information content (AvgIpc) is 2.40. The lowest BCUT2D eigenvalue weighted by Crippen LogP contribution is -2.15. The van der Waals surface area contributed by atoms with Crippen molar-refractivity contribution in [2.75, 3.05) is 5.32 Å². The molecule has 2 N–H and O–H groups in total. The zero-order chi connectivity index (χ0) is 15.1. The van der Waals surface area contributed by atoms with Gasteiger partial charge in [-0.2, -0.15) is 0 Å². The zero-order valence-electron chi connectivity index (χ0n) is 12.3. The number of benzene rings is 1. The maximum absolute atomic E-state index is 11.7. The van der Waals surface area contributed by atoms with Gasteiger partial charge in [0.25, 0.3) is 0 Å². The number of nitrogens with one attached hydrogen (secondary N) is 1. The molecule has 0 aliphatic rings. The van der Waals surface area contributed by atoms with E-state index in [2.05, 4.69) is 19.2 Å². The molecule has 0 aromatic heterocycles. The fourth-order valence-electron chi connectivity index (χ4n) is 1.84. The second-order valence-electron chi connectivity index (χ2n) is 5.41. The van der Waals surface area contributed by atoms with Gasteiger partial charge in [0.2, 0.25) is 5.91 Å². The first-order chi connectivity index (χ1) is 9.42. The van der Waals surface area contributed by atoms with Crippen LogP contribution in [0.2, 0.25) is 0 Å². The number of carbonyl (C=O) groups is 2. The van der Waals surface area contributed by atoms with Crippen molar-refractivity contribution in [1.82, 2.24) is 0 Å². The standard InChI is InChI=1S/C16H23NO3/c1-4-11(2)9-15(18)17-14-7-5-13(6-8-14)10-12(3)16(19)20/h5-8,11-12H,4,9-10H2,1-3H3,(H,17,18)(H,19,20). The third kappa shape index (κ3) is 5.43. The molecular weight excluding hydrogens is 254 g/mol. The normalized spacial score (nSPS) is 13.6. The van der Waals surface area contributed by atoms with Crippen molar-refractivity contribution in [1.29, 1.82) is 0 Å². The van der Waals surface area contributed by atoms with Crippen molar-refractivity contribution in [2.45, 2.75) is 40.0 Å². The molecule has 1 amide bonds. The number of hydrogen-bond acceptors (Lipinski definition) is 2. The third-order valence-corrected chi connectivity index (χ3v) is 3.43. The number of carboxylic acids is 1. The summed E-state index contributed by atoms with van der Waals surface area (Å²) in [6, 6.07) is 7.35. The summed E-state index contributed by atoms with van der Waals surface area (Å²) in [6.07, 6.45) is 2.00. The summed E-state index contributed by atoms with van der Waals surface area (Å²) in [7, 11) is 0. The van der Waals surface area contributed by atoms with Crippen molar-refractivity contribution in [3.05, 3.63) is 29.8 Å². The van der Waals surface area contributed by atoms with Crippen LogP contribution in [-0.4, -0.2) is 17.0 Å². The topological polar surface area (TPSA) is 66.4 Å². The van der Waals surface area contributed by atoms with Gasteiger partial charge in [-0.1, -0.05) is 39.3 Å². The molecule has 0 fully saturated rings. The number of aliphatic carboxylic acids is 1. The van der Waals surface area contributed by atoms with Crippen LogP contribution in [0.3, 0.4) is 0 Å². The molecule has 1 rings (SSSR count). The Morgan fingerprint density at radius 2 is 1.80 bits per heavy atom. The van der Waals surface area contributed by atoms with Crippen LogP contribution >= 0.6 is 0 Å². The highest BCUT2D eigenvalue weighted by Crippen LogP contribution is 2.15. The molecule has 4 nitrogen and oxygen atoms in total. The van der Waals surface area contributed by atoms with Crippen LogP contribution in [-0.2, 0) is 16.0 Å². The first-order valence-electron chi connectivity index (χ1n) is 7.04. The van der Waals surface area contributed by atoms with Gasteiger partial charge in [-0.25, -0.2) is 0 Å². The van der Waals surface area contributed by atoms with E-state index in [-0.39, 0.29) is 5.91 Å². The summed E-state index contributed by atoms with van der Waals surface area (Å²) in [4.78, 5) is 22.5. The van der Waals surface area contributed by atoms with Crippen LogP contribution in [0.4, 0.5) is 5.69 Å². The zero-order valence-corrected chi connectivity index (χ0v) is 12.3. The van der Waals surface area contributed by atoms with Crippen LogP contribution in [0.5, 0.6) is 0 Å². The molecule has 2 atom stereocenters. The van der Waals surface area contributed by atoms with Gasteiger partial charge in [0, 0.05) is 12.1 Å². The molecule has 0 saturated carbocycles. The summed E-state index contributed by atoms with van der Waals surface area (Å²) in [5.74, 6) is -0.798. The molecule has 0 aliphatic heterocycles. The van der Waals surface area contributed by atoms with Crippen LogP contribution in [0.1, 0.15) is 39.2 Å². The minimum Gasteiger partial charge on any atom is -0.481 e. The van der Waals surface area contributed by atoms with E-state index in [0.29, 0.717) is 18.8 Å². The average molecular weight is 277 g/mol. The van der Waals surface area contributed by atoms with Crippen LogP contribution in [0.25, 0.3) is 0 Å². The maximum Gasteiger partial charge on any atom is 0.306 e. The molecular formula is C16H23NO3. The Balaban J connectivity index is 2.54. The van der Waals surface area contributed by atoms with E-state index < -0.39 is 11.9 Å². The number of anilines is 1. The predicted molar refractivity (Wildman–Crippen MR) is 79.6 cm³/mol. The van der Waals surface area contributed by atoms with E-state index in [0.717, 1.165) is 17.7 Å². The summed E-state index contributed by atoms with van der Waals surface area (Å²) >= 11 is 0. The van der Waals surface area contributed by atoms with Gasteiger partial charge < -0.3 is 10.4 Å². The highest BCUT2D eigenvalue weighted by molar-refractivity contribution is 5.90. The smallest absolute Gasteiger partial charge is 0.306 e. The summed E-state index contributed by atoms with van der Waals surface area (Å²) in [5.41, 5.74) is 1.71. The quantitative estimate of drug-likeness (QED) is 0.803. The second-order valence-corrected chi connectivity index (χ2v) is 5.41. The molecule has 0 heterocycles. The van der Waals surface area contributed by atoms with Gasteiger partial charge in [-0.15, -0.1) is 0 Å². The van der Waals surface area contributed by atoms with Gasteiger partial charge >= 0.3 is 5.97 Å². The van der Waals surface area contributed by atoms with Gasteiger partial charge in [0.05, 0.1) is 5.92 Å². The van der Waals surface area contributed by atoms with E-state index in [1.54, 1.807) is 6.92 Å². The molecule has 4 heteroatoms. The second kappa shape index (κ2) is 7.68. The Morgan fingerprint density at radius 3 is 2.30 bits per heavy atom. The Labute approximate surface area is 120 Å². The van der Waals surface area contributed by atoms with E-state index in [9.17, 15) is 9.59 Å². The van der Waals surface area contributed by atoms with Crippen LogP contribution in [0, 0.1) is 11.8 Å². The Kier molecular flexibility index (Phi) is 6.22. The highest BCUT2D eigenvalue weighted by atomic mass is 16.4. The molecule has 0 aliphatic carbocycles. The van der Waals surface area contributed by atoms with Gasteiger partial charge in [0.1, 0.15) is 0 Å². The fourth-order valence-corrected chi connectivity index (χ4v) is 1.84. The van der Waals surface area contributed by atoms with Crippen molar-refractivity contribution in [2.24, 2.45) is 11.8 Å². The van der Waals surface area contributed by atoms with Crippen molar-refractivity contribution >= 4 is 17.6 Å². The molecule has 0 saturated heterocycles. The molecule has 1 aromatic rings. The van der Waals surface area contributed by atoms with Crippen molar-refractivity contribution in [3.63, 3.8) is 0 Å². The SMILES string of the molecule is CCC(C)CC(=O)Nc1ccc(CC(C)C(=O)O)cc1. The Morgan fingerprint density at radius 1 is 1.20 bits per heavy atom. The third-order valence-electron chi connectivity index (χ3n) is 3.43. The van der Waals surface area contributed by atoms with Crippen LogP contribution in [0.15, 0.2) is 24.3 Å². The molecule has 0 bridgehead atoms. The van der Waals surface area contributed by atoms with E-state index in [1.807, 2.05) is 24.3 Å². The van der Waals surface area contributed by atoms with Gasteiger partial charge in [-0.3, -0.25) is 9.59 Å². The number of carbonyl (C=O) groups excluding carboxylic acids is 1. The number of amides is 1. The Bertz CT molecular complexity index is 453. The van der Waals surface area contributed by atoms with E-state index >= 15 is 0 Å². The maximum atomic E-state index is 11.7. The number of carboxylic acid groups (broad SMARTS) is 1. The van der Waals surface area contributed by atoms with E-state index in [4.69, 9.17) is 5.11 Å². The van der Waals surface area contributed by atoms with Crippen molar-refractivity contribution < 1.29 is 14.7 Å². The lowest BCUT2D eigenvalue weighted by molar-refractivity contribution is -0.141. The first kappa shape index (κ1) is 16.2. The minimum absolute atomic E-state index is 0.0194. The van der Waals surface area contributed by atoms with Gasteiger partial charge in [0.15, 0.2) is 0 Å². The summed E-state index contributed by atoms with van der Waals surface area (Å²) in [5, 5.41) is 11.7. The van der Waals surface area contributed by atoms with Crippen molar-refractivity contribution in [3.8, 4) is 0 Å². The molecule has 110 valence electrons. The summed E-state index contributed by atoms with van der Waals surface area (Å²) in [6.45, 7) is 5.80. The lowest BCUT2D eigenvalue weighted by Gasteiger charge is -2.10. The Hall–Kier alpha value is -1.84. The number of hydrogen-bond donors (Lipinski definition) is 2. The molecule has 2 unspecified atom stereocenters. The van der Waals surface area contributed by atoms with Crippen LogP contribution < -0.4 is 5.32 Å². The van der Waals surface area contributed by atoms with E-state index in [1.165, 1.54) is 0 Å². The largest absolute Gasteiger partial charge is 0.481 e. The fraction of sp³-hybridized carbons (Fsp3) is 0.500. The van der Waals surface area contributed by atoms with Gasteiger partial charge in [-0.05, 0) is 30.0 Å².